The molecule has 0 spiro atoms. The summed E-state index contributed by atoms with van der Waals surface area (Å²) in [4.78, 5) is 4.45. The van der Waals surface area contributed by atoms with Crippen LogP contribution in [0.4, 0.5) is 0 Å². The van der Waals surface area contributed by atoms with Gasteiger partial charge in [0.15, 0.2) is 0 Å². The fourth-order valence-corrected chi connectivity index (χ4v) is 2.80. The van der Waals surface area contributed by atoms with E-state index in [1.54, 1.807) is 18.4 Å². The molecule has 0 aliphatic carbocycles. The Bertz CT molecular complexity index is 806. The number of aryl methyl sites for hydroxylation is 1. The quantitative estimate of drug-likeness (QED) is 0.628. The Morgan fingerprint density at radius 2 is 1.70 bits per heavy atom. The normalized spacial score (nSPS) is 10.1. The minimum Gasteiger partial charge on any atom is -0.497 e. The van der Waals surface area contributed by atoms with Crippen molar-refractivity contribution >= 4 is 21.6 Å². The molecular formula is C17H13NOS. The SMILES string of the molecule is COc1ccc(C#Cc2ccc3nc(C)sc3c2)cc1. The predicted molar refractivity (Wildman–Crippen MR) is 83.3 cm³/mol. The number of rotatable bonds is 1. The Morgan fingerprint density at radius 3 is 2.45 bits per heavy atom. The Kier molecular flexibility index (Phi) is 3.41. The van der Waals surface area contributed by atoms with Gasteiger partial charge in [0.1, 0.15) is 5.75 Å². The number of ether oxygens (including phenoxy) is 1. The first-order chi connectivity index (χ1) is 9.74. The molecule has 2 nitrogen and oxygen atoms in total. The minimum atomic E-state index is 0.845. The van der Waals surface area contributed by atoms with Crippen LogP contribution in [0, 0.1) is 18.8 Å². The lowest BCUT2D eigenvalue weighted by molar-refractivity contribution is 0.415. The van der Waals surface area contributed by atoms with E-state index in [0.29, 0.717) is 0 Å². The highest BCUT2D eigenvalue weighted by Gasteiger charge is 2.00. The van der Waals surface area contributed by atoms with Crippen LogP contribution in [-0.2, 0) is 0 Å². The Labute approximate surface area is 122 Å². The van der Waals surface area contributed by atoms with Crippen LogP contribution in [0.2, 0.25) is 0 Å². The molecule has 0 unspecified atom stereocenters. The molecule has 3 aromatic rings. The van der Waals surface area contributed by atoms with Gasteiger partial charge in [0.25, 0.3) is 0 Å². The first-order valence-electron chi connectivity index (χ1n) is 6.28. The van der Waals surface area contributed by atoms with Gasteiger partial charge < -0.3 is 4.74 Å². The summed E-state index contributed by atoms with van der Waals surface area (Å²) in [6.07, 6.45) is 0. The largest absolute Gasteiger partial charge is 0.497 e. The molecule has 0 radical (unpaired) electrons. The molecule has 0 aliphatic heterocycles. The lowest BCUT2D eigenvalue weighted by Gasteiger charge is -1.97. The van der Waals surface area contributed by atoms with E-state index in [2.05, 4.69) is 22.9 Å². The molecule has 0 fully saturated rings. The standard InChI is InChI=1S/C17H13NOS/c1-12-18-16-10-7-14(11-17(16)20-12)4-3-13-5-8-15(19-2)9-6-13/h5-11H,1-2H3. The van der Waals surface area contributed by atoms with Gasteiger partial charge in [0.05, 0.1) is 22.3 Å². The molecule has 1 aromatic heterocycles. The second-order valence-corrected chi connectivity index (χ2v) is 5.63. The van der Waals surface area contributed by atoms with Gasteiger partial charge in [0, 0.05) is 11.1 Å². The number of hydrogen-bond donors (Lipinski definition) is 0. The van der Waals surface area contributed by atoms with Crippen LogP contribution in [0.5, 0.6) is 5.75 Å². The summed E-state index contributed by atoms with van der Waals surface area (Å²) in [7, 11) is 1.66. The van der Waals surface area contributed by atoms with Crippen molar-refractivity contribution in [2.75, 3.05) is 7.11 Å². The van der Waals surface area contributed by atoms with Crippen molar-refractivity contribution in [3.8, 4) is 17.6 Å². The van der Waals surface area contributed by atoms with Crippen molar-refractivity contribution in [2.24, 2.45) is 0 Å². The van der Waals surface area contributed by atoms with E-state index in [0.717, 1.165) is 27.4 Å². The van der Waals surface area contributed by atoms with E-state index >= 15 is 0 Å². The Morgan fingerprint density at radius 1 is 1.00 bits per heavy atom. The molecule has 1 heterocycles. The fraction of sp³-hybridized carbons (Fsp3) is 0.118. The zero-order valence-corrected chi connectivity index (χ0v) is 12.1. The average molecular weight is 279 g/mol. The molecule has 0 saturated carbocycles. The van der Waals surface area contributed by atoms with Crippen LogP contribution >= 0.6 is 11.3 Å². The summed E-state index contributed by atoms with van der Waals surface area (Å²) in [6, 6.07) is 13.9. The van der Waals surface area contributed by atoms with Gasteiger partial charge in [0.2, 0.25) is 0 Å². The van der Waals surface area contributed by atoms with Crippen LogP contribution < -0.4 is 4.74 Å². The van der Waals surface area contributed by atoms with E-state index in [9.17, 15) is 0 Å². The van der Waals surface area contributed by atoms with E-state index in [-0.39, 0.29) is 0 Å². The second-order valence-electron chi connectivity index (χ2n) is 4.39. The predicted octanol–water partition coefficient (Wildman–Crippen LogP) is 4.01. The molecule has 98 valence electrons. The smallest absolute Gasteiger partial charge is 0.118 e. The number of benzene rings is 2. The molecule has 0 bridgehead atoms. The van der Waals surface area contributed by atoms with Crippen LogP contribution in [0.1, 0.15) is 16.1 Å². The summed E-state index contributed by atoms with van der Waals surface area (Å²) in [6.45, 7) is 2.02. The van der Waals surface area contributed by atoms with Crippen LogP contribution in [-0.4, -0.2) is 12.1 Å². The molecule has 2 aromatic carbocycles. The van der Waals surface area contributed by atoms with E-state index in [4.69, 9.17) is 4.74 Å². The number of aromatic nitrogens is 1. The molecule has 3 heteroatoms. The average Bonchev–Trinajstić information content (AvgIpc) is 2.85. The van der Waals surface area contributed by atoms with Gasteiger partial charge in [-0.05, 0) is 49.4 Å². The highest BCUT2D eigenvalue weighted by atomic mass is 32.1. The Balaban J connectivity index is 1.90. The van der Waals surface area contributed by atoms with Crippen LogP contribution in [0.15, 0.2) is 42.5 Å². The third-order valence-corrected chi connectivity index (χ3v) is 3.87. The molecule has 0 N–H and O–H groups in total. The molecule has 3 rings (SSSR count). The fourth-order valence-electron chi connectivity index (χ4n) is 1.94. The first kappa shape index (κ1) is 12.7. The van der Waals surface area contributed by atoms with Crippen LogP contribution in [0.25, 0.3) is 10.2 Å². The van der Waals surface area contributed by atoms with E-state index in [1.807, 2.05) is 43.3 Å². The Hall–Kier alpha value is -2.31. The van der Waals surface area contributed by atoms with Gasteiger partial charge in [-0.25, -0.2) is 4.98 Å². The molecule has 0 amide bonds. The summed E-state index contributed by atoms with van der Waals surface area (Å²) >= 11 is 1.70. The third-order valence-electron chi connectivity index (χ3n) is 2.94. The molecule has 20 heavy (non-hydrogen) atoms. The zero-order valence-electron chi connectivity index (χ0n) is 11.3. The summed E-state index contributed by atoms with van der Waals surface area (Å²) in [5.41, 5.74) is 3.03. The molecule has 0 aliphatic rings. The summed E-state index contributed by atoms with van der Waals surface area (Å²) in [5, 5.41) is 1.08. The third kappa shape index (κ3) is 2.66. The van der Waals surface area contributed by atoms with Crippen molar-refractivity contribution in [2.45, 2.75) is 6.92 Å². The number of hydrogen-bond acceptors (Lipinski definition) is 3. The number of methoxy groups -OCH3 is 1. The highest BCUT2D eigenvalue weighted by Crippen LogP contribution is 2.22. The second kappa shape index (κ2) is 5.36. The first-order valence-corrected chi connectivity index (χ1v) is 7.09. The van der Waals surface area contributed by atoms with Crippen molar-refractivity contribution in [3.63, 3.8) is 0 Å². The lowest BCUT2D eigenvalue weighted by atomic mass is 10.2. The number of thiazole rings is 1. The molecule has 0 atom stereocenters. The van der Waals surface area contributed by atoms with Crippen molar-refractivity contribution < 1.29 is 4.74 Å². The van der Waals surface area contributed by atoms with Crippen molar-refractivity contribution in [1.82, 2.24) is 4.98 Å². The van der Waals surface area contributed by atoms with Gasteiger partial charge in [-0.1, -0.05) is 11.8 Å². The maximum atomic E-state index is 5.13. The topological polar surface area (TPSA) is 22.1 Å². The highest BCUT2D eigenvalue weighted by molar-refractivity contribution is 7.18. The van der Waals surface area contributed by atoms with Gasteiger partial charge in [-0.15, -0.1) is 11.3 Å². The maximum Gasteiger partial charge on any atom is 0.118 e. The number of nitrogens with zero attached hydrogens (tertiary/aromatic N) is 1. The monoisotopic (exact) mass is 279 g/mol. The van der Waals surface area contributed by atoms with E-state index < -0.39 is 0 Å². The number of fused-ring (bicyclic) bond motifs is 1. The summed E-state index contributed by atoms with van der Waals surface area (Å²) < 4.78 is 6.31. The van der Waals surface area contributed by atoms with Gasteiger partial charge in [-0.3, -0.25) is 0 Å². The van der Waals surface area contributed by atoms with Crippen molar-refractivity contribution in [1.29, 1.82) is 0 Å². The van der Waals surface area contributed by atoms with Gasteiger partial charge in [-0.2, -0.15) is 0 Å². The van der Waals surface area contributed by atoms with E-state index in [1.165, 1.54) is 4.70 Å². The van der Waals surface area contributed by atoms with Crippen molar-refractivity contribution in [3.05, 3.63) is 58.6 Å². The van der Waals surface area contributed by atoms with Crippen LogP contribution in [0.3, 0.4) is 0 Å². The van der Waals surface area contributed by atoms with Gasteiger partial charge >= 0.3 is 0 Å². The minimum absolute atomic E-state index is 0.845. The lowest BCUT2D eigenvalue weighted by Crippen LogP contribution is -1.82. The zero-order chi connectivity index (χ0) is 13.9. The summed E-state index contributed by atoms with van der Waals surface area (Å²) in [5.74, 6) is 7.19. The maximum absolute atomic E-state index is 5.13. The molecule has 0 saturated heterocycles. The molecular weight excluding hydrogens is 266 g/mol.